The maximum Gasteiger partial charge on any atom is 0.306 e. The first-order valence-electron chi connectivity index (χ1n) is 6.77. The van der Waals surface area contributed by atoms with E-state index in [4.69, 9.17) is 14.0 Å². The third-order valence-electron chi connectivity index (χ3n) is 2.98. The van der Waals surface area contributed by atoms with Crippen LogP contribution in [0.4, 0.5) is 5.69 Å². The summed E-state index contributed by atoms with van der Waals surface area (Å²) in [6, 6.07) is 0.00692. The molecular formula is C13H22N2O5. The van der Waals surface area contributed by atoms with Gasteiger partial charge >= 0.3 is 5.56 Å². The second-order valence-corrected chi connectivity index (χ2v) is 5.84. The summed E-state index contributed by atoms with van der Waals surface area (Å²) in [6.45, 7) is 6.68. The van der Waals surface area contributed by atoms with Crippen LogP contribution in [0.1, 0.15) is 39.7 Å². The molecule has 0 radical (unpaired) electrons. The van der Waals surface area contributed by atoms with Gasteiger partial charge in [0.25, 0.3) is 0 Å². The lowest BCUT2D eigenvalue weighted by Crippen LogP contribution is -2.34. The van der Waals surface area contributed by atoms with Crippen molar-refractivity contribution in [3.63, 3.8) is 0 Å². The summed E-state index contributed by atoms with van der Waals surface area (Å²) in [4.78, 5) is 12.2. The lowest BCUT2D eigenvalue weighted by molar-refractivity contribution is -0.148. The molecule has 2 rings (SSSR count). The van der Waals surface area contributed by atoms with Gasteiger partial charge in [0.1, 0.15) is 12.0 Å². The highest BCUT2D eigenvalue weighted by Crippen LogP contribution is 2.20. The molecule has 7 nitrogen and oxygen atoms in total. The number of aliphatic hydroxyl groups is 1. The highest BCUT2D eigenvalue weighted by atomic mass is 16.6. The number of anilines is 1. The van der Waals surface area contributed by atoms with Gasteiger partial charge in [-0.2, -0.15) is 4.74 Å². The fraction of sp³-hybridized carbons (Fsp3) is 0.769. The number of aromatic nitrogens is 1. The molecule has 1 unspecified atom stereocenters. The summed E-state index contributed by atoms with van der Waals surface area (Å²) in [7, 11) is 0. The Hall–Kier alpha value is -1.31. The van der Waals surface area contributed by atoms with Crippen molar-refractivity contribution in [2.45, 2.75) is 51.7 Å². The molecule has 1 aliphatic heterocycles. The van der Waals surface area contributed by atoms with E-state index in [0.717, 1.165) is 12.8 Å². The molecule has 1 atom stereocenters. The van der Waals surface area contributed by atoms with Gasteiger partial charge < -0.3 is 24.4 Å². The molecular weight excluding hydrogens is 264 g/mol. The molecule has 1 aromatic heterocycles. The van der Waals surface area contributed by atoms with Gasteiger partial charge in [-0.3, -0.25) is 4.79 Å². The van der Waals surface area contributed by atoms with E-state index >= 15 is 0 Å². The zero-order valence-corrected chi connectivity index (χ0v) is 12.1. The molecule has 0 saturated carbocycles. The van der Waals surface area contributed by atoms with Crippen molar-refractivity contribution in [3.8, 4) is 0 Å². The number of rotatable bonds is 4. The van der Waals surface area contributed by atoms with Crippen LogP contribution in [0.15, 0.2) is 15.6 Å². The van der Waals surface area contributed by atoms with Crippen LogP contribution in [-0.4, -0.2) is 35.1 Å². The number of hydrogen-bond donors (Lipinski definition) is 2. The monoisotopic (exact) mass is 286 g/mol. The summed E-state index contributed by atoms with van der Waals surface area (Å²) >= 11 is 0. The molecule has 1 saturated heterocycles. The fourth-order valence-electron chi connectivity index (χ4n) is 2.09. The first-order chi connectivity index (χ1) is 9.37. The second kappa shape index (κ2) is 5.99. The molecule has 0 bridgehead atoms. The molecule has 0 amide bonds. The second-order valence-electron chi connectivity index (χ2n) is 5.84. The first-order valence-corrected chi connectivity index (χ1v) is 6.77. The molecule has 0 aliphatic carbocycles. The average molecular weight is 286 g/mol. The number of nitrogens with zero attached hydrogens (tertiary/aromatic N) is 1. The topological polar surface area (TPSA) is 85.9 Å². The third kappa shape index (κ3) is 3.84. The van der Waals surface area contributed by atoms with E-state index in [1.165, 1.54) is 11.0 Å². The minimum atomic E-state index is -1.26. The van der Waals surface area contributed by atoms with Gasteiger partial charge in [0, 0.05) is 13.2 Å². The third-order valence-corrected chi connectivity index (χ3v) is 2.98. The van der Waals surface area contributed by atoms with Gasteiger partial charge in [0.15, 0.2) is 0 Å². The summed E-state index contributed by atoms with van der Waals surface area (Å²) in [5.74, 6) is 0. The van der Waals surface area contributed by atoms with Crippen LogP contribution in [0.2, 0.25) is 0 Å². The molecule has 1 aromatic rings. The number of hydrogen-bond acceptors (Lipinski definition) is 6. The maximum atomic E-state index is 12.2. The van der Waals surface area contributed by atoms with E-state index < -0.39 is 12.0 Å². The molecule has 2 heterocycles. The highest BCUT2D eigenvalue weighted by Gasteiger charge is 2.23. The zero-order valence-electron chi connectivity index (χ0n) is 12.1. The van der Waals surface area contributed by atoms with Gasteiger partial charge in [-0.05, 0) is 33.6 Å². The van der Waals surface area contributed by atoms with E-state index in [9.17, 15) is 9.90 Å². The Kier molecular flexibility index (Phi) is 4.52. The SMILES string of the molecule is CC(C)(C)OC(O)Nc1con(C2CCOCC2)c1=O. The molecule has 7 heteroatoms. The Labute approximate surface area is 117 Å². The summed E-state index contributed by atoms with van der Waals surface area (Å²) < 4.78 is 17.2. The normalized spacial score (nSPS) is 19.0. The van der Waals surface area contributed by atoms with Crippen LogP contribution in [0.25, 0.3) is 0 Å². The molecule has 20 heavy (non-hydrogen) atoms. The number of ether oxygens (including phenoxy) is 2. The number of aliphatic hydroxyl groups excluding tert-OH is 1. The van der Waals surface area contributed by atoms with Gasteiger partial charge in [-0.25, -0.2) is 0 Å². The maximum absolute atomic E-state index is 12.2. The van der Waals surface area contributed by atoms with E-state index in [1.807, 2.05) is 20.8 Å². The Morgan fingerprint density at radius 3 is 2.70 bits per heavy atom. The molecule has 1 aliphatic rings. The first kappa shape index (κ1) is 15.1. The van der Waals surface area contributed by atoms with Crippen molar-refractivity contribution in [2.24, 2.45) is 0 Å². The van der Waals surface area contributed by atoms with Crippen LogP contribution >= 0.6 is 0 Å². The van der Waals surface area contributed by atoms with Crippen LogP contribution < -0.4 is 10.9 Å². The van der Waals surface area contributed by atoms with Crippen LogP contribution in [0, 0.1) is 0 Å². The summed E-state index contributed by atoms with van der Waals surface area (Å²) in [6.07, 6.45) is 1.53. The van der Waals surface area contributed by atoms with Gasteiger partial charge in [-0.1, -0.05) is 0 Å². The predicted octanol–water partition coefficient (Wildman–Crippen LogP) is 1.30. The average Bonchev–Trinajstić information content (AvgIpc) is 2.70. The summed E-state index contributed by atoms with van der Waals surface area (Å²) in [5, 5.41) is 12.3. The van der Waals surface area contributed by atoms with E-state index in [2.05, 4.69) is 5.32 Å². The Morgan fingerprint density at radius 2 is 2.10 bits per heavy atom. The van der Waals surface area contributed by atoms with Crippen LogP contribution in [0.3, 0.4) is 0 Å². The minimum Gasteiger partial charge on any atom is -0.382 e. The highest BCUT2D eigenvalue weighted by molar-refractivity contribution is 5.37. The fourth-order valence-corrected chi connectivity index (χ4v) is 2.09. The largest absolute Gasteiger partial charge is 0.382 e. The van der Waals surface area contributed by atoms with Gasteiger partial charge in [0.2, 0.25) is 6.41 Å². The van der Waals surface area contributed by atoms with E-state index in [1.54, 1.807) is 0 Å². The van der Waals surface area contributed by atoms with E-state index in [-0.39, 0.29) is 17.3 Å². The minimum absolute atomic E-state index is 0.00692. The quantitative estimate of drug-likeness (QED) is 0.811. The lowest BCUT2D eigenvalue weighted by Gasteiger charge is -2.24. The van der Waals surface area contributed by atoms with Crippen molar-refractivity contribution in [2.75, 3.05) is 18.5 Å². The van der Waals surface area contributed by atoms with Crippen LogP contribution in [-0.2, 0) is 9.47 Å². The van der Waals surface area contributed by atoms with E-state index in [0.29, 0.717) is 13.2 Å². The van der Waals surface area contributed by atoms with Gasteiger partial charge in [-0.15, -0.1) is 0 Å². The zero-order chi connectivity index (χ0) is 14.8. The smallest absolute Gasteiger partial charge is 0.306 e. The molecule has 1 fully saturated rings. The van der Waals surface area contributed by atoms with Crippen molar-refractivity contribution in [3.05, 3.63) is 16.6 Å². The molecule has 0 spiro atoms. The van der Waals surface area contributed by atoms with Crippen molar-refractivity contribution >= 4 is 5.69 Å². The Bertz CT molecular complexity index is 482. The Balaban J connectivity index is 2.03. The van der Waals surface area contributed by atoms with Crippen molar-refractivity contribution in [1.82, 2.24) is 4.74 Å². The Morgan fingerprint density at radius 1 is 1.45 bits per heavy atom. The van der Waals surface area contributed by atoms with Gasteiger partial charge in [0.05, 0.1) is 11.6 Å². The lowest BCUT2D eigenvalue weighted by atomic mass is 10.1. The summed E-state index contributed by atoms with van der Waals surface area (Å²) in [5.41, 5.74) is -0.628. The van der Waals surface area contributed by atoms with Crippen molar-refractivity contribution in [1.29, 1.82) is 0 Å². The number of nitrogens with one attached hydrogen (secondary N) is 1. The predicted molar refractivity (Wildman–Crippen MR) is 72.5 cm³/mol. The van der Waals surface area contributed by atoms with Crippen LogP contribution in [0.5, 0.6) is 0 Å². The van der Waals surface area contributed by atoms with Crippen molar-refractivity contribution < 1.29 is 19.1 Å². The molecule has 0 aromatic carbocycles. The molecule has 2 N–H and O–H groups in total. The standard InChI is InChI=1S/C13H22N2O5/c1-13(2,3)20-12(17)14-10-8-19-15(11(10)16)9-4-6-18-7-5-9/h8-9,12,14,17H,4-7H2,1-3H3. The molecule has 114 valence electrons.